The smallest absolute Gasteiger partial charge is 0.319 e. The van der Waals surface area contributed by atoms with E-state index in [2.05, 4.69) is 49.8 Å². The fourth-order valence-electron chi connectivity index (χ4n) is 5.57. The molecule has 0 saturated carbocycles. The topological polar surface area (TPSA) is 87.6 Å². The maximum atomic E-state index is 14.9. The van der Waals surface area contributed by atoms with Gasteiger partial charge in [-0.1, -0.05) is 18.2 Å². The highest BCUT2D eigenvalue weighted by molar-refractivity contribution is 6.04. The van der Waals surface area contributed by atoms with Gasteiger partial charge in [0.1, 0.15) is 5.75 Å². The van der Waals surface area contributed by atoms with E-state index in [1.54, 1.807) is 42.5 Å². The van der Waals surface area contributed by atoms with Crippen molar-refractivity contribution >= 4 is 34.2 Å². The number of carbonyl (C=O) groups excluding carboxylic acids is 2. The van der Waals surface area contributed by atoms with Crippen molar-refractivity contribution in [2.45, 2.75) is 39.3 Å². The lowest BCUT2D eigenvalue weighted by molar-refractivity contribution is 0.102. The van der Waals surface area contributed by atoms with E-state index in [1.807, 2.05) is 32.0 Å². The van der Waals surface area contributed by atoms with E-state index in [0.29, 0.717) is 22.7 Å². The van der Waals surface area contributed by atoms with E-state index in [1.165, 1.54) is 35.9 Å². The third-order valence-electron chi connectivity index (χ3n) is 7.74. The standard InChI is InChI=1S/C36H36FN5O3/c1-24(2)38-36(44)40-27-11-16-30(17-12-27)45-34-18-13-28(21-32(34)37)39-35(43)25-9-14-29(15-10-25)42-23-26(22-41-19-5-6-20-41)31-7-3-4-8-33(31)42/h3-4,7-18,21,23-24H,5-6,19-20,22H2,1-2H3,(H,39,43)(H2,38,40,44). The number of hydrogen-bond acceptors (Lipinski definition) is 4. The Bertz CT molecular complexity index is 1810. The third kappa shape index (κ3) is 7.16. The summed E-state index contributed by atoms with van der Waals surface area (Å²) >= 11 is 0. The Morgan fingerprint density at radius 1 is 0.867 bits per heavy atom. The highest BCUT2D eigenvalue weighted by Gasteiger charge is 2.17. The number of ether oxygens (including phenoxy) is 1. The first-order chi connectivity index (χ1) is 21.8. The second-order valence-corrected chi connectivity index (χ2v) is 11.6. The van der Waals surface area contributed by atoms with Gasteiger partial charge in [0.25, 0.3) is 5.91 Å². The molecule has 1 saturated heterocycles. The summed E-state index contributed by atoms with van der Waals surface area (Å²) in [4.78, 5) is 27.4. The van der Waals surface area contributed by atoms with E-state index in [-0.39, 0.29) is 23.7 Å². The van der Waals surface area contributed by atoms with Crippen molar-refractivity contribution in [1.29, 1.82) is 0 Å². The summed E-state index contributed by atoms with van der Waals surface area (Å²) in [5.41, 5.74) is 4.74. The number of para-hydroxylation sites is 1. The van der Waals surface area contributed by atoms with Crippen LogP contribution in [-0.2, 0) is 6.54 Å². The van der Waals surface area contributed by atoms with E-state index >= 15 is 0 Å². The molecule has 0 unspecified atom stereocenters. The minimum Gasteiger partial charge on any atom is -0.454 e. The molecule has 0 radical (unpaired) electrons. The van der Waals surface area contributed by atoms with Crippen LogP contribution in [0.1, 0.15) is 42.6 Å². The number of benzene rings is 4. The lowest BCUT2D eigenvalue weighted by Crippen LogP contribution is -2.34. The van der Waals surface area contributed by atoms with Gasteiger partial charge in [-0.3, -0.25) is 9.69 Å². The first-order valence-electron chi connectivity index (χ1n) is 15.2. The van der Waals surface area contributed by atoms with Crippen LogP contribution in [-0.4, -0.2) is 40.5 Å². The van der Waals surface area contributed by atoms with Crippen LogP contribution < -0.4 is 20.7 Å². The van der Waals surface area contributed by atoms with Crippen molar-refractivity contribution in [1.82, 2.24) is 14.8 Å². The molecule has 0 atom stereocenters. The lowest BCUT2D eigenvalue weighted by Gasteiger charge is -2.13. The minimum absolute atomic E-state index is 0.0122. The Hall–Kier alpha value is -5.15. The molecular weight excluding hydrogens is 569 g/mol. The quantitative estimate of drug-likeness (QED) is 0.159. The number of nitrogens with one attached hydrogen (secondary N) is 3. The summed E-state index contributed by atoms with van der Waals surface area (Å²) < 4.78 is 22.8. The molecule has 8 nitrogen and oxygen atoms in total. The third-order valence-corrected chi connectivity index (χ3v) is 7.74. The van der Waals surface area contributed by atoms with Crippen molar-refractivity contribution in [2.24, 2.45) is 0 Å². The normalized spacial score (nSPS) is 13.2. The second-order valence-electron chi connectivity index (χ2n) is 11.6. The van der Waals surface area contributed by atoms with Gasteiger partial charge < -0.3 is 25.3 Å². The molecule has 2 heterocycles. The van der Waals surface area contributed by atoms with Crippen LogP contribution in [0.4, 0.5) is 20.6 Å². The van der Waals surface area contributed by atoms with Gasteiger partial charge in [0, 0.05) is 52.9 Å². The molecule has 4 aromatic carbocycles. The van der Waals surface area contributed by atoms with Crippen LogP contribution in [0.15, 0.2) is 97.2 Å². The van der Waals surface area contributed by atoms with Gasteiger partial charge in [0.15, 0.2) is 11.6 Å². The Morgan fingerprint density at radius 3 is 2.29 bits per heavy atom. The number of nitrogens with zero attached hydrogens (tertiary/aromatic N) is 2. The fourth-order valence-corrected chi connectivity index (χ4v) is 5.57. The number of carbonyl (C=O) groups is 2. The average molecular weight is 606 g/mol. The SMILES string of the molecule is CC(C)NC(=O)Nc1ccc(Oc2ccc(NC(=O)c3ccc(-n4cc(CN5CCCC5)c5ccccc54)cc3)cc2F)cc1. The van der Waals surface area contributed by atoms with Crippen LogP contribution >= 0.6 is 0 Å². The Balaban J connectivity index is 1.09. The first-order valence-corrected chi connectivity index (χ1v) is 15.2. The predicted molar refractivity (Wildman–Crippen MR) is 176 cm³/mol. The van der Waals surface area contributed by atoms with Crippen LogP contribution in [0.25, 0.3) is 16.6 Å². The number of anilines is 2. The van der Waals surface area contributed by atoms with E-state index in [9.17, 15) is 14.0 Å². The van der Waals surface area contributed by atoms with Crippen LogP contribution in [0.5, 0.6) is 11.5 Å². The van der Waals surface area contributed by atoms with Gasteiger partial charge in [0.2, 0.25) is 0 Å². The molecular formula is C36H36FN5O3. The predicted octanol–water partition coefficient (Wildman–Crippen LogP) is 7.94. The molecule has 1 aromatic heterocycles. The zero-order valence-electron chi connectivity index (χ0n) is 25.3. The van der Waals surface area contributed by atoms with Crippen molar-refractivity contribution < 1.29 is 18.7 Å². The average Bonchev–Trinajstić information content (AvgIpc) is 3.67. The number of halogens is 1. The molecule has 3 amide bonds. The molecule has 1 aliphatic rings. The molecule has 1 aliphatic heterocycles. The molecule has 1 fully saturated rings. The van der Waals surface area contributed by atoms with Gasteiger partial charge in [-0.25, -0.2) is 9.18 Å². The van der Waals surface area contributed by atoms with Crippen molar-refractivity contribution in [3.8, 4) is 17.2 Å². The second kappa shape index (κ2) is 13.2. The zero-order chi connectivity index (χ0) is 31.3. The molecule has 9 heteroatoms. The first kappa shape index (κ1) is 29.9. The van der Waals surface area contributed by atoms with Crippen LogP contribution in [0.3, 0.4) is 0 Å². The number of aromatic nitrogens is 1. The molecule has 6 rings (SSSR count). The summed E-state index contributed by atoms with van der Waals surface area (Å²) in [5.74, 6) is -0.546. The van der Waals surface area contributed by atoms with E-state index < -0.39 is 5.82 Å². The Labute approximate surface area is 261 Å². The van der Waals surface area contributed by atoms with Crippen LogP contribution in [0.2, 0.25) is 0 Å². The maximum absolute atomic E-state index is 14.9. The number of urea groups is 1. The number of hydrogen-bond donors (Lipinski definition) is 3. The fraction of sp³-hybridized carbons (Fsp3) is 0.222. The molecule has 0 aliphatic carbocycles. The molecule has 230 valence electrons. The van der Waals surface area contributed by atoms with Crippen molar-refractivity contribution in [2.75, 3.05) is 23.7 Å². The summed E-state index contributed by atoms with van der Waals surface area (Å²) in [6, 6.07) is 26.4. The Morgan fingerprint density at radius 2 is 1.58 bits per heavy atom. The van der Waals surface area contributed by atoms with Gasteiger partial charge in [-0.05, 0) is 112 Å². The summed E-state index contributed by atoms with van der Waals surface area (Å²) in [6.07, 6.45) is 4.70. The largest absolute Gasteiger partial charge is 0.454 e. The van der Waals surface area contributed by atoms with E-state index in [4.69, 9.17) is 4.74 Å². The summed E-state index contributed by atoms with van der Waals surface area (Å²) in [7, 11) is 0. The molecule has 45 heavy (non-hydrogen) atoms. The summed E-state index contributed by atoms with van der Waals surface area (Å²) in [6.45, 7) is 6.94. The number of likely N-dealkylation sites (tertiary alicyclic amines) is 1. The van der Waals surface area contributed by atoms with Gasteiger partial charge in [-0.2, -0.15) is 0 Å². The van der Waals surface area contributed by atoms with E-state index in [0.717, 1.165) is 30.8 Å². The maximum Gasteiger partial charge on any atom is 0.319 e. The van der Waals surface area contributed by atoms with Gasteiger partial charge >= 0.3 is 6.03 Å². The highest BCUT2D eigenvalue weighted by Crippen LogP contribution is 2.29. The Kier molecular flexibility index (Phi) is 8.79. The van der Waals surface area contributed by atoms with Gasteiger partial charge in [0.05, 0.1) is 5.52 Å². The lowest BCUT2D eigenvalue weighted by atomic mass is 10.1. The van der Waals surface area contributed by atoms with Crippen molar-refractivity contribution in [3.05, 3.63) is 114 Å². The molecule has 5 aromatic rings. The van der Waals surface area contributed by atoms with Gasteiger partial charge in [-0.15, -0.1) is 0 Å². The molecule has 0 bridgehead atoms. The van der Waals surface area contributed by atoms with Crippen LogP contribution in [0, 0.1) is 5.82 Å². The highest BCUT2D eigenvalue weighted by atomic mass is 19.1. The number of rotatable bonds is 9. The monoisotopic (exact) mass is 605 g/mol. The van der Waals surface area contributed by atoms with Crippen molar-refractivity contribution in [3.63, 3.8) is 0 Å². The number of amides is 3. The minimum atomic E-state index is -0.620. The zero-order valence-corrected chi connectivity index (χ0v) is 25.3. The molecule has 3 N–H and O–H groups in total. The molecule has 0 spiro atoms. The summed E-state index contributed by atoms with van der Waals surface area (Å²) in [5, 5.41) is 9.47. The number of fused-ring (bicyclic) bond motifs is 1.